The first-order valence-electron chi connectivity index (χ1n) is 8.84. The van der Waals surface area contributed by atoms with E-state index in [4.69, 9.17) is 14.0 Å². The van der Waals surface area contributed by atoms with Crippen molar-refractivity contribution in [2.75, 3.05) is 6.61 Å². The Hall–Kier alpha value is -3.15. The Labute approximate surface area is 158 Å². The Morgan fingerprint density at radius 3 is 2.48 bits per heavy atom. The molecule has 6 nitrogen and oxygen atoms in total. The van der Waals surface area contributed by atoms with Crippen LogP contribution in [0.1, 0.15) is 39.4 Å². The highest BCUT2D eigenvalue weighted by Gasteiger charge is 2.11. The normalized spacial score (nSPS) is 10.6. The standard InChI is InChI=1S/C21H22N2O4/c1-15-20(16(2)27-23-15)14-26-19-7-5-18(6-8-19)21(24)25-13-3-4-17-9-11-22-12-10-17/h5-12H,3-4,13-14H2,1-2H3. The summed E-state index contributed by atoms with van der Waals surface area (Å²) in [6, 6.07) is 10.8. The second kappa shape index (κ2) is 8.98. The van der Waals surface area contributed by atoms with Gasteiger partial charge in [0.2, 0.25) is 0 Å². The lowest BCUT2D eigenvalue weighted by atomic mass is 10.1. The summed E-state index contributed by atoms with van der Waals surface area (Å²) >= 11 is 0. The van der Waals surface area contributed by atoms with E-state index in [1.807, 2.05) is 26.0 Å². The van der Waals surface area contributed by atoms with Crippen molar-refractivity contribution in [1.29, 1.82) is 0 Å². The van der Waals surface area contributed by atoms with E-state index in [1.165, 1.54) is 5.56 Å². The molecule has 0 atom stereocenters. The minimum Gasteiger partial charge on any atom is -0.489 e. The predicted molar refractivity (Wildman–Crippen MR) is 99.6 cm³/mol. The number of carbonyl (C=O) groups is 1. The molecule has 27 heavy (non-hydrogen) atoms. The molecule has 0 saturated heterocycles. The summed E-state index contributed by atoms with van der Waals surface area (Å²) in [6.07, 6.45) is 5.14. The number of carbonyl (C=O) groups excluding carboxylic acids is 1. The minimum absolute atomic E-state index is 0.331. The summed E-state index contributed by atoms with van der Waals surface area (Å²) < 4.78 is 16.2. The molecule has 140 valence electrons. The summed E-state index contributed by atoms with van der Waals surface area (Å²) in [7, 11) is 0. The van der Waals surface area contributed by atoms with Crippen molar-refractivity contribution >= 4 is 5.97 Å². The molecule has 0 bridgehead atoms. The zero-order valence-corrected chi connectivity index (χ0v) is 15.5. The molecule has 1 aromatic carbocycles. The minimum atomic E-state index is -0.331. The smallest absolute Gasteiger partial charge is 0.338 e. The van der Waals surface area contributed by atoms with Gasteiger partial charge in [0.25, 0.3) is 0 Å². The van der Waals surface area contributed by atoms with Crippen molar-refractivity contribution in [2.24, 2.45) is 0 Å². The number of hydrogen-bond acceptors (Lipinski definition) is 6. The molecule has 2 aromatic heterocycles. The van der Waals surface area contributed by atoms with Crippen LogP contribution in [0.5, 0.6) is 5.75 Å². The number of hydrogen-bond donors (Lipinski definition) is 0. The van der Waals surface area contributed by atoms with E-state index in [0.29, 0.717) is 24.5 Å². The van der Waals surface area contributed by atoms with Gasteiger partial charge in [0, 0.05) is 12.4 Å². The number of aromatic nitrogens is 2. The van der Waals surface area contributed by atoms with Crippen LogP contribution in [0.4, 0.5) is 0 Å². The molecular formula is C21H22N2O4. The van der Waals surface area contributed by atoms with Crippen LogP contribution in [0.25, 0.3) is 0 Å². The SMILES string of the molecule is Cc1noc(C)c1COc1ccc(C(=O)OCCCc2ccncc2)cc1. The molecule has 0 fully saturated rings. The molecule has 0 saturated carbocycles. The molecule has 6 heteroatoms. The van der Waals surface area contributed by atoms with Gasteiger partial charge >= 0.3 is 5.97 Å². The van der Waals surface area contributed by atoms with Gasteiger partial charge in [-0.15, -0.1) is 0 Å². The quantitative estimate of drug-likeness (QED) is 0.442. The van der Waals surface area contributed by atoms with E-state index in [-0.39, 0.29) is 5.97 Å². The van der Waals surface area contributed by atoms with Crippen LogP contribution in [0.3, 0.4) is 0 Å². The Morgan fingerprint density at radius 1 is 1.07 bits per heavy atom. The third-order valence-corrected chi connectivity index (χ3v) is 4.25. The van der Waals surface area contributed by atoms with Crippen LogP contribution < -0.4 is 4.74 Å². The van der Waals surface area contributed by atoms with Gasteiger partial charge < -0.3 is 14.0 Å². The largest absolute Gasteiger partial charge is 0.489 e. The Kier molecular flexibility index (Phi) is 6.20. The van der Waals surface area contributed by atoms with Crippen molar-refractivity contribution in [1.82, 2.24) is 10.1 Å². The summed E-state index contributed by atoms with van der Waals surface area (Å²) in [5.41, 5.74) is 3.44. The molecule has 0 aliphatic heterocycles. The van der Waals surface area contributed by atoms with Gasteiger partial charge in [-0.2, -0.15) is 0 Å². The van der Waals surface area contributed by atoms with Crippen molar-refractivity contribution < 1.29 is 18.8 Å². The van der Waals surface area contributed by atoms with Gasteiger partial charge in [0.05, 0.1) is 23.4 Å². The van der Waals surface area contributed by atoms with Crippen LogP contribution in [0, 0.1) is 13.8 Å². The summed E-state index contributed by atoms with van der Waals surface area (Å²) in [5, 5.41) is 3.90. The monoisotopic (exact) mass is 366 g/mol. The number of aryl methyl sites for hydroxylation is 3. The van der Waals surface area contributed by atoms with Crippen molar-refractivity contribution in [3.05, 3.63) is 76.9 Å². The van der Waals surface area contributed by atoms with Crippen LogP contribution in [0.15, 0.2) is 53.3 Å². The topological polar surface area (TPSA) is 74.5 Å². The van der Waals surface area contributed by atoms with E-state index < -0.39 is 0 Å². The number of benzene rings is 1. The Bertz CT molecular complexity index is 853. The van der Waals surface area contributed by atoms with E-state index in [9.17, 15) is 4.79 Å². The second-order valence-corrected chi connectivity index (χ2v) is 6.21. The van der Waals surface area contributed by atoms with Crippen molar-refractivity contribution in [3.63, 3.8) is 0 Å². The molecule has 0 radical (unpaired) electrons. The van der Waals surface area contributed by atoms with Crippen LogP contribution in [-0.2, 0) is 17.8 Å². The van der Waals surface area contributed by atoms with Gasteiger partial charge in [0.15, 0.2) is 0 Å². The highest BCUT2D eigenvalue weighted by molar-refractivity contribution is 5.89. The molecule has 2 heterocycles. The van der Waals surface area contributed by atoms with Crippen molar-refractivity contribution in [3.8, 4) is 5.75 Å². The third kappa shape index (κ3) is 5.17. The number of pyridine rings is 1. The predicted octanol–water partition coefficient (Wildman–Crippen LogP) is 4.06. The maximum absolute atomic E-state index is 12.1. The average molecular weight is 366 g/mol. The van der Waals surface area contributed by atoms with Gasteiger partial charge in [-0.3, -0.25) is 4.98 Å². The number of esters is 1. The van der Waals surface area contributed by atoms with E-state index in [0.717, 1.165) is 29.9 Å². The third-order valence-electron chi connectivity index (χ3n) is 4.25. The van der Waals surface area contributed by atoms with Crippen LogP contribution >= 0.6 is 0 Å². The number of rotatable bonds is 8. The lowest BCUT2D eigenvalue weighted by Gasteiger charge is -2.08. The van der Waals surface area contributed by atoms with Gasteiger partial charge in [-0.05, 0) is 68.7 Å². The average Bonchev–Trinajstić information content (AvgIpc) is 3.02. The Morgan fingerprint density at radius 2 is 1.81 bits per heavy atom. The number of nitrogens with zero attached hydrogens (tertiary/aromatic N) is 2. The molecule has 0 unspecified atom stereocenters. The molecule has 0 aliphatic carbocycles. The fraction of sp³-hybridized carbons (Fsp3) is 0.286. The van der Waals surface area contributed by atoms with E-state index >= 15 is 0 Å². The fourth-order valence-electron chi connectivity index (χ4n) is 2.62. The molecule has 0 spiro atoms. The number of ether oxygens (including phenoxy) is 2. The van der Waals surface area contributed by atoms with Gasteiger partial charge in [-0.1, -0.05) is 5.16 Å². The lowest BCUT2D eigenvalue weighted by Crippen LogP contribution is -2.07. The molecule has 3 aromatic rings. The van der Waals surface area contributed by atoms with E-state index in [1.54, 1.807) is 36.7 Å². The first-order valence-corrected chi connectivity index (χ1v) is 8.84. The maximum Gasteiger partial charge on any atom is 0.338 e. The van der Waals surface area contributed by atoms with Crippen molar-refractivity contribution in [2.45, 2.75) is 33.3 Å². The highest BCUT2D eigenvalue weighted by atomic mass is 16.5. The molecule has 0 aliphatic rings. The zero-order valence-electron chi connectivity index (χ0n) is 15.5. The first kappa shape index (κ1) is 18.6. The van der Waals surface area contributed by atoms with Crippen LogP contribution in [0.2, 0.25) is 0 Å². The van der Waals surface area contributed by atoms with E-state index in [2.05, 4.69) is 10.1 Å². The molecule has 3 rings (SSSR count). The molecular weight excluding hydrogens is 344 g/mol. The summed E-state index contributed by atoms with van der Waals surface area (Å²) in [5.74, 6) is 1.09. The highest BCUT2D eigenvalue weighted by Crippen LogP contribution is 2.18. The summed E-state index contributed by atoms with van der Waals surface area (Å²) in [6.45, 7) is 4.49. The second-order valence-electron chi connectivity index (χ2n) is 6.21. The molecule has 0 N–H and O–H groups in total. The fourth-order valence-corrected chi connectivity index (χ4v) is 2.62. The van der Waals surface area contributed by atoms with Crippen LogP contribution in [-0.4, -0.2) is 22.7 Å². The lowest BCUT2D eigenvalue weighted by molar-refractivity contribution is 0.0500. The summed E-state index contributed by atoms with van der Waals surface area (Å²) in [4.78, 5) is 16.1. The van der Waals surface area contributed by atoms with Gasteiger partial charge in [-0.25, -0.2) is 4.79 Å². The first-order chi connectivity index (χ1) is 13.1. The molecule has 0 amide bonds. The maximum atomic E-state index is 12.1. The Balaban J connectivity index is 1.44. The van der Waals surface area contributed by atoms with Gasteiger partial charge in [0.1, 0.15) is 18.1 Å². The zero-order chi connectivity index (χ0) is 19.1.